The van der Waals surface area contributed by atoms with E-state index in [-0.39, 0.29) is 17.5 Å². The molecule has 1 aliphatic heterocycles. The molecular weight excluding hydrogens is 398 g/mol. The maximum Gasteiger partial charge on any atom is 0.151 e. The predicted molar refractivity (Wildman–Crippen MR) is 82.0 cm³/mol. The topological polar surface area (TPSA) is 66.4 Å². The maximum absolute atomic E-state index is 11.5. The fourth-order valence-corrected chi connectivity index (χ4v) is 5.12. The van der Waals surface area contributed by atoms with Gasteiger partial charge < -0.3 is 10.4 Å². The van der Waals surface area contributed by atoms with E-state index < -0.39 is 9.84 Å². The summed E-state index contributed by atoms with van der Waals surface area (Å²) < 4.78 is 24.3. The predicted octanol–water partition coefficient (Wildman–Crippen LogP) is 2.58. The second kappa shape index (κ2) is 6.11. The molecule has 2 rings (SSSR count). The minimum absolute atomic E-state index is 0.0186. The number of phenolic OH excluding ortho intramolecular Hbond substituents is 1. The minimum atomic E-state index is -2.88. The molecule has 2 N–H and O–H groups in total. The summed E-state index contributed by atoms with van der Waals surface area (Å²) >= 11 is 6.55. The Morgan fingerprint density at radius 2 is 1.95 bits per heavy atom. The Labute approximate surface area is 129 Å². The molecule has 7 heteroatoms. The zero-order valence-electron chi connectivity index (χ0n) is 10.2. The highest BCUT2D eigenvalue weighted by Crippen LogP contribution is 2.33. The number of aromatic hydroxyl groups is 1. The molecule has 1 saturated heterocycles. The van der Waals surface area contributed by atoms with Gasteiger partial charge in [0.25, 0.3) is 0 Å². The average molecular weight is 413 g/mol. The Balaban J connectivity index is 1.99. The Bertz CT molecular complexity index is 551. The lowest BCUT2D eigenvalue weighted by atomic mass is 10.1. The van der Waals surface area contributed by atoms with Crippen molar-refractivity contribution in [1.82, 2.24) is 5.32 Å². The Morgan fingerprint density at radius 3 is 2.53 bits per heavy atom. The van der Waals surface area contributed by atoms with E-state index in [2.05, 4.69) is 37.2 Å². The first-order valence-corrected chi connectivity index (χ1v) is 9.39. The largest absolute Gasteiger partial charge is 0.506 e. The van der Waals surface area contributed by atoms with Crippen LogP contribution in [0.4, 0.5) is 0 Å². The molecule has 1 aromatic rings. The lowest BCUT2D eigenvalue weighted by Gasteiger charge is -2.23. The molecule has 0 spiro atoms. The molecular formula is C12H15Br2NO3S. The zero-order valence-corrected chi connectivity index (χ0v) is 14.2. The van der Waals surface area contributed by atoms with Crippen molar-refractivity contribution >= 4 is 41.7 Å². The number of benzene rings is 1. The van der Waals surface area contributed by atoms with Crippen LogP contribution in [0.25, 0.3) is 0 Å². The van der Waals surface area contributed by atoms with Gasteiger partial charge in [0, 0.05) is 12.6 Å². The first-order chi connectivity index (χ1) is 8.87. The summed E-state index contributed by atoms with van der Waals surface area (Å²) in [5, 5.41) is 12.9. The van der Waals surface area contributed by atoms with Gasteiger partial charge in [-0.15, -0.1) is 0 Å². The lowest BCUT2D eigenvalue weighted by molar-refractivity contribution is 0.466. The molecule has 1 aromatic carbocycles. The molecule has 106 valence electrons. The molecule has 1 atom stereocenters. The third-order valence-electron chi connectivity index (χ3n) is 3.13. The summed E-state index contributed by atoms with van der Waals surface area (Å²) in [6.45, 7) is 0.581. The zero-order chi connectivity index (χ0) is 14.0. The fraction of sp³-hybridized carbons (Fsp3) is 0.500. The van der Waals surface area contributed by atoms with Crippen molar-refractivity contribution in [2.24, 2.45) is 0 Å². The third kappa shape index (κ3) is 4.18. The van der Waals surface area contributed by atoms with Crippen molar-refractivity contribution in [1.29, 1.82) is 0 Å². The molecule has 0 bridgehead atoms. The van der Waals surface area contributed by atoms with Gasteiger partial charge in [0.1, 0.15) is 5.75 Å². The monoisotopic (exact) mass is 411 g/mol. The Kier molecular flexibility index (Phi) is 4.92. The van der Waals surface area contributed by atoms with E-state index >= 15 is 0 Å². The molecule has 0 aliphatic carbocycles. The highest BCUT2D eigenvalue weighted by atomic mass is 79.9. The van der Waals surface area contributed by atoms with Crippen molar-refractivity contribution in [3.8, 4) is 5.75 Å². The minimum Gasteiger partial charge on any atom is -0.506 e. The molecule has 4 nitrogen and oxygen atoms in total. The van der Waals surface area contributed by atoms with Gasteiger partial charge in [0.15, 0.2) is 9.84 Å². The van der Waals surface area contributed by atoms with Crippen LogP contribution in [0.3, 0.4) is 0 Å². The highest BCUT2D eigenvalue weighted by molar-refractivity contribution is 9.11. The van der Waals surface area contributed by atoms with Crippen molar-refractivity contribution in [3.63, 3.8) is 0 Å². The lowest BCUT2D eigenvalue weighted by Crippen LogP contribution is -2.39. The summed E-state index contributed by atoms with van der Waals surface area (Å²) in [5.74, 6) is 0.693. The normalized spacial score (nSPS) is 22.3. The van der Waals surface area contributed by atoms with E-state index in [9.17, 15) is 13.5 Å². The average Bonchev–Trinajstić information content (AvgIpc) is 2.32. The quantitative estimate of drug-likeness (QED) is 0.800. The summed E-state index contributed by atoms with van der Waals surface area (Å²) in [6.07, 6.45) is 1.61. The smallest absolute Gasteiger partial charge is 0.151 e. The molecule has 0 amide bonds. The van der Waals surface area contributed by atoms with E-state index in [0.29, 0.717) is 21.2 Å². The van der Waals surface area contributed by atoms with Crippen LogP contribution in [0.2, 0.25) is 0 Å². The molecule has 1 heterocycles. The summed E-state index contributed by atoms with van der Waals surface area (Å²) in [6, 6.07) is 3.67. The summed E-state index contributed by atoms with van der Waals surface area (Å²) in [4.78, 5) is 0. The van der Waals surface area contributed by atoms with Crippen molar-refractivity contribution in [2.75, 3.05) is 11.5 Å². The fourth-order valence-electron chi connectivity index (χ4n) is 2.17. The van der Waals surface area contributed by atoms with Gasteiger partial charge in [-0.25, -0.2) is 8.42 Å². The first-order valence-electron chi connectivity index (χ1n) is 5.98. The van der Waals surface area contributed by atoms with Crippen molar-refractivity contribution in [2.45, 2.75) is 25.4 Å². The van der Waals surface area contributed by atoms with Crippen LogP contribution in [-0.4, -0.2) is 31.1 Å². The van der Waals surface area contributed by atoms with Gasteiger partial charge in [-0.3, -0.25) is 0 Å². The van der Waals surface area contributed by atoms with E-state index in [1.165, 1.54) is 0 Å². The highest BCUT2D eigenvalue weighted by Gasteiger charge is 2.24. The molecule has 1 unspecified atom stereocenters. The third-order valence-corrected chi connectivity index (χ3v) is 6.16. The standard InChI is InChI=1S/C12H15Br2NO3S/c13-10-4-8(5-11(14)12(10)16)6-15-9-2-1-3-19(17,18)7-9/h4-5,9,15-16H,1-3,6-7H2. The summed E-state index contributed by atoms with van der Waals surface area (Å²) in [7, 11) is -2.88. The second-order valence-corrected chi connectivity index (χ2v) is 8.68. The van der Waals surface area contributed by atoms with Gasteiger partial charge in [-0.1, -0.05) is 0 Å². The number of rotatable bonds is 3. The van der Waals surface area contributed by atoms with Crippen LogP contribution in [0.15, 0.2) is 21.1 Å². The van der Waals surface area contributed by atoms with Crippen LogP contribution < -0.4 is 5.32 Å². The van der Waals surface area contributed by atoms with Gasteiger partial charge >= 0.3 is 0 Å². The van der Waals surface area contributed by atoms with Gasteiger partial charge in [-0.2, -0.15) is 0 Å². The molecule has 1 aliphatic rings. The van der Waals surface area contributed by atoms with Crippen molar-refractivity contribution < 1.29 is 13.5 Å². The number of halogens is 2. The second-order valence-electron chi connectivity index (χ2n) is 4.74. The molecule has 1 fully saturated rings. The van der Waals surface area contributed by atoms with E-state index in [1.807, 2.05) is 12.1 Å². The summed E-state index contributed by atoms with van der Waals surface area (Å²) in [5.41, 5.74) is 0.986. The number of nitrogens with one attached hydrogen (secondary N) is 1. The molecule has 0 aromatic heterocycles. The van der Waals surface area contributed by atoms with E-state index in [1.54, 1.807) is 0 Å². The number of hydrogen-bond acceptors (Lipinski definition) is 4. The molecule has 0 saturated carbocycles. The molecule has 0 radical (unpaired) electrons. The van der Waals surface area contributed by atoms with Gasteiger partial charge in [-0.05, 0) is 62.4 Å². The van der Waals surface area contributed by atoms with Crippen LogP contribution in [0, 0.1) is 0 Å². The van der Waals surface area contributed by atoms with Crippen LogP contribution in [-0.2, 0) is 16.4 Å². The van der Waals surface area contributed by atoms with Crippen molar-refractivity contribution in [3.05, 3.63) is 26.6 Å². The maximum atomic E-state index is 11.5. The van der Waals surface area contributed by atoms with Crippen LogP contribution in [0.1, 0.15) is 18.4 Å². The van der Waals surface area contributed by atoms with Gasteiger partial charge in [0.05, 0.1) is 20.5 Å². The van der Waals surface area contributed by atoms with Gasteiger partial charge in [0.2, 0.25) is 0 Å². The van der Waals surface area contributed by atoms with E-state index in [4.69, 9.17) is 0 Å². The van der Waals surface area contributed by atoms with Crippen LogP contribution >= 0.6 is 31.9 Å². The van der Waals surface area contributed by atoms with E-state index in [0.717, 1.165) is 18.4 Å². The SMILES string of the molecule is O=S1(=O)CCCC(NCc2cc(Br)c(O)c(Br)c2)C1. The molecule has 19 heavy (non-hydrogen) atoms. The number of sulfone groups is 1. The first kappa shape index (κ1) is 15.3. The number of phenols is 1. The Hall–Kier alpha value is -0.110. The number of hydrogen-bond donors (Lipinski definition) is 2. The Morgan fingerprint density at radius 1 is 1.32 bits per heavy atom. The van der Waals surface area contributed by atoms with Crippen LogP contribution in [0.5, 0.6) is 5.75 Å².